The third-order valence-electron chi connectivity index (χ3n) is 1.62. The Morgan fingerprint density at radius 3 is 1.80 bits per heavy atom. The molecule has 0 aromatic heterocycles. The van der Waals surface area contributed by atoms with E-state index in [9.17, 15) is 0 Å². The van der Waals surface area contributed by atoms with Crippen LogP contribution in [0.15, 0.2) is 0 Å². The van der Waals surface area contributed by atoms with Crippen LogP contribution in [0.2, 0.25) is 0 Å². The summed E-state index contributed by atoms with van der Waals surface area (Å²) in [6.45, 7) is 6.81. The average Bonchev–Trinajstić information content (AvgIpc) is 1.90. The number of hydrogen-bond donors (Lipinski definition) is 0. The second-order valence-electron chi connectivity index (χ2n) is 2.65. The van der Waals surface area contributed by atoms with Gasteiger partial charge in [0.05, 0.1) is 0 Å². The summed E-state index contributed by atoms with van der Waals surface area (Å²) < 4.78 is 0. The molecule has 62 valence electrons. The van der Waals surface area contributed by atoms with Gasteiger partial charge in [-0.1, -0.05) is 33.6 Å². The first-order valence-corrected chi connectivity index (χ1v) is 5.51. The molecule has 10 heavy (non-hydrogen) atoms. The first-order chi connectivity index (χ1) is 4.85. The summed E-state index contributed by atoms with van der Waals surface area (Å²) in [7, 11) is 0. The Balaban J connectivity index is 3.30. The lowest BCUT2D eigenvalue weighted by Crippen LogP contribution is -2.01. The smallest absolute Gasteiger partial charge is 0.00467 e. The molecule has 0 saturated carbocycles. The van der Waals surface area contributed by atoms with Crippen LogP contribution in [0.5, 0.6) is 0 Å². The van der Waals surface area contributed by atoms with Gasteiger partial charge in [0.1, 0.15) is 0 Å². The Kier molecular flexibility index (Phi) is 7.72. The second kappa shape index (κ2) is 7.46. The van der Waals surface area contributed by atoms with Crippen LogP contribution in [-0.4, -0.2) is 11.0 Å². The molecule has 0 aromatic carbocycles. The van der Waals surface area contributed by atoms with E-state index in [1.165, 1.54) is 31.4 Å². The molecule has 0 amide bonds. The Morgan fingerprint density at radius 2 is 1.50 bits per heavy atom. The van der Waals surface area contributed by atoms with Gasteiger partial charge in [0.25, 0.3) is 0 Å². The molecule has 0 rings (SSSR count). The van der Waals surface area contributed by atoms with Crippen molar-refractivity contribution in [3.8, 4) is 0 Å². The number of hydrogen-bond acceptors (Lipinski definition) is 1. The largest absolute Gasteiger partial charge is 0.159 e. The highest BCUT2D eigenvalue weighted by molar-refractivity contribution is 7.99. The molecule has 0 bridgehead atoms. The van der Waals surface area contributed by atoms with Crippen LogP contribution in [0, 0.1) is 0 Å². The second-order valence-corrected chi connectivity index (χ2v) is 4.23. The summed E-state index contributed by atoms with van der Waals surface area (Å²) in [4.78, 5) is 0. The van der Waals surface area contributed by atoms with Crippen molar-refractivity contribution in [1.29, 1.82) is 0 Å². The summed E-state index contributed by atoms with van der Waals surface area (Å²) in [5, 5.41) is 0.944. The van der Waals surface area contributed by atoms with Gasteiger partial charge in [-0.2, -0.15) is 11.8 Å². The minimum Gasteiger partial charge on any atom is -0.159 e. The van der Waals surface area contributed by atoms with Crippen LogP contribution in [0.4, 0.5) is 0 Å². The molecule has 0 aliphatic rings. The van der Waals surface area contributed by atoms with Crippen molar-refractivity contribution in [3.63, 3.8) is 0 Å². The highest BCUT2D eigenvalue weighted by Crippen LogP contribution is 2.20. The molecule has 0 unspecified atom stereocenters. The maximum Gasteiger partial charge on any atom is 0.00467 e. The van der Waals surface area contributed by atoms with Crippen LogP contribution in [0.3, 0.4) is 0 Å². The van der Waals surface area contributed by atoms with Crippen LogP contribution in [-0.2, 0) is 0 Å². The standard InChI is InChI=1S/C9H20S/c1-4-7-9(8-5-2)10-6-3/h9H,4-8H2,1-3H3. The zero-order chi connectivity index (χ0) is 7.82. The predicted molar refractivity (Wildman–Crippen MR) is 51.7 cm³/mol. The summed E-state index contributed by atoms with van der Waals surface area (Å²) in [5.41, 5.74) is 0. The van der Waals surface area contributed by atoms with Crippen molar-refractivity contribution >= 4 is 11.8 Å². The van der Waals surface area contributed by atoms with Crippen LogP contribution in [0.1, 0.15) is 46.5 Å². The van der Waals surface area contributed by atoms with Crippen molar-refractivity contribution < 1.29 is 0 Å². The first kappa shape index (κ1) is 10.3. The molecule has 0 heterocycles. The molecule has 0 atom stereocenters. The van der Waals surface area contributed by atoms with Gasteiger partial charge in [-0.05, 0) is 18.6 Å². The van der Waals surface area contributed by atoms with E-state index in [0.29, 0.717) is 0 Å². The fourth-order valence-corrected chi connectivity index (χ4v) is 2.47. The van der Waals surface area contributed by atoms with Gasteiger partial charge in [-0.15, -0.1) is 0 Å². The third kappa shape index (κ3) is 5.16. The normalized spacial score (nSPS) is 10.8. The van der Waals surface area contributed by atoms with Gasteiger partial charge >= 0.3 is 0 Å². The first-order valence-electron chi connectivity index (χ1n) is 4.46. The lowest BCUT2D eigenvalue weighted by molar-refractivity contribution is 0.673. The molecule has 0 saturated heterocycles. The van der Waals surface area contributed by atoms with Crippen molar-refractivity contribution in [2.24, 2.45) is 0 Å². The highest BCUT2D eigenvalue weighted by Gasteiger charge is 2.04. The molecular weight excluding hydrogens is 140 g/mol. The van der Waals surface area contributed by atoms with E-state index in [-0.39, 0.29) is 0 Å². The fourth-order valence-electron chi connectivity index (χ4n) is 1.19. The van der Waals surface area contributed by atoms with Gasteiger partial charge in [0.2, 0.25) is 0 Å². The summed E-state index contributed by atoms with van der Waals surface area (Å²) >= 11 is 2.13. The Bertz CT molecular complexity index is 47.5. The van der Waals surface area contributed by atoms with Crippen molar-refractivity contribution in [2.45, 2.75) is 51.7 Å². The van der Waals surface area contributed by atoms with E-state index in [0.717, 1.165) is 5.25 Å². The Hall–Kier alpha value is 0.350. The third-order valence-corrected chi connectivity index (χ3v) is 2.90. The number of rotatable bonds is 6. The Morgan fingerprint density at radius 1 is 1.00 bits per heavy atom. The molecule has 0 fully saturated rings. The molecule has 0 spiro atoms. The van der Waals surface area contributed by atoms with E-state index >= 15 is 0 Å². The lowest BCUT2D eigenvalue weighted by Gasteiger charge is -2.12. The highest BCUT2D eigenvalue weighted by atomic mass is 32.2. The molecule has 0 aliphatic carbocycles. The SMILES string of the molecule is CCCC(CCC)SCC. The van der Waals surface area contributed by atoms with Crippen molar-refractivity contribution in [2.75, 3.05) is 5.75 Å². The van der Waals surface area contributed by atoms with Gasteiger partial charge in [0, 0.05) is 5.25 Å². The molecule has 0 nitrogen and oxygen atoms in total. The average molecular weight is 160 g/mol. The van der Waals surface area contributed by atoms with E-state index in [1.807, 2.05) is 0 Å². The summed E-state index contributed by atoms with van der Waals surface area (Å²) in [6, 6.07) is 0. The molecule has 0 aromatic rings. The molecule has 1 heteroatoms. The van der Waals surface area contributed by atoms with E-state index in [1.54, 1.807) is 0 Å². The minimum absolute atomic E-state index is 0.944. The maximum absolute atomic E-state index is 2.28. The van der Waals surface area contributed by atoms with Crippen LogP contribution < -0.4 is 0 Å². The fraction of sp³-hybridized carbons (Fsp3) is 1.00. The van der Waals surface area contributed by atoms with Crippen LogP contribution in [0.25, 0.3) is 0 Å². The topological polar surface area (TPSA) is 0 Å². The molecule has 0 aliphatic heterocycles. The monoisotopic (exact) mass is 160 g/mol. The van der Waals surface area contributed by atoms with Crippen LogP contribution >= 0.6 is 11.8 Å². The van der Waals surface area contributed by atoms with Gasteiger partial charge in [-0.25, -0.2) is 0 Å². The van der Waals surface area contributed by atoms with Gasteiger partial charge in [0.15, 0.2) is 0 Å². The zero-order valence-electron chi connectivity index (χ0n) is 7.52. The predicted octanol–water partition coefficient (Wildman–Crippen LogP) is 3.71. The molecule has 0 radical (unpaired) electrons. The quantitative estimate of drug-likeness (QED) is 0.571. The van der Waals surface area contributed by atoms with Gasteiger partial charge < -0.3 is 0 Å². The maximum atomic E-state index is 2.28. The summed E-state index contributed by atoms with van der Waals surface area (Å²) in [6.07, 6.45) is 5.51. The zero-order valence-corrected chi connectivity index (χ0v) is 8.34. The lowest BCUT2D eigenvalue weighted by atomic mass is 10.2. The van der Waals surface area contributed by atoms with E-state index in [2.05, 4.69) is 32.5 Å². The summed E-state index contributed by atoms with van der Waals surface area (Å²) in [5.74, 6) is 1.28. The Labute approximate surface area is 69.8 Å². The van der Waals surface area contributed by atoms with Crippen molar-refractivity contribution in [1.82, 2.24) is 0 Å². The van der Waals surface area contributed by atoms with Crippen molar-refractivity contribution in [3.05, 3.63) is 0 Å². The number of thioether (sulfide) groups is 1. The van der Waals surface area contributed by atoms with Gasteiger partial charge in [-0.3, -0.25) is 0 Å². The van der Waals surface area contributed by atoms with E-state index in [4.69, 9.17) is 0 Å². The molecular formula is C9H20S. The minimum atomic E-state index is 0.944. The van der Waals surface area contributed by atoms with E-state index < -0.39 is 0 Å². The molecule has 0 N–H and O–H groups in total.